The molecule has 4 nitrogen and oxygen atoms in total. The summed E-state index contributed by atoms with van der Waals surface area (Å²) < 4.78 is 0. The topological polar surface area (TPSA) is 52.6 Å². The molecule has 0 radical (unpaired) electrons. The van der Waals surface area contributed by atoms with Gasteiger partial charge in [-0.1, -0.05) is 20.8 Å². The monoisotopic (exact) mass is 240 g/mol. The van der Waals surface area contributed by atoms with E-state index in [-0.39, 0.29) is 23.6 Å². The van der Waals surface area contributed by atoms with E-state index in [2.05, 4.69) is 12.2 Å². The molecular weight excluding hydrogens is 216 g/mol. The van der Waals surface area contributed by atoms with Crippen molar-refractivity contribution in [3.05, 3.63) is 0 Å². The van der Waals surface area contributed by atoms with Crippen molar-refractivity contribution in [1.29, 1.82) is 0 Å². The fourth-order valence-electron chi connectivity index (χ4n) is 2.60. The zero-order valence-corrected chi connectivity index (χ0v) is 11.1. The van der Waals surface area contributed by atoms with Crippen molar-refractivity contribution >= 4 is 6.03 Å². The fraction of sp³-hybridized carbons (Fsp3) is 0.923. The van der Waals surface area contributed by atoms with Crippen LogP contribution in [0.4, 0.5) is 4.79 Å². The van der Waals surface area contributed by atoms with Crippen molar-refractivity contribution in [3.8, 4) is 0 Å². The van der Waals surface area contributed by atoms with Gasteiger partial charge in [0.05, 0.1) is 6.10 Å². The average Bonchev–Trinajstić information content (AvgIpc) is 2.29. The lowest BCUT2D eigenvalue weighted by atomic mass is 9.64. The predicted octanol–water partition coefficient (Wildman–Crippen LogP) is 1.59. The van der Waals surface area contributed by atoms with Crippen molar-refractivity contribution in [3.63, 3.8) is 0 Å². The Morgan fingerprint density at radius 1 is 1.35 bits per heavy atom. The molecule has 0 aromatic rings. The summed E-state index contributed by atoms with van der Waals surface area (Å²) in [6.07, 6.45) is 2.60. The molecule has 1 saturated heterocycles. The Morgan fingerprint density at radius 2 is 1.94 bits per heavy atom. The number of amides is 2. The average molecular weight is 240 g/mol. The Hall–Kier alpha value is -0.770. The number of hydrogen-bond donors (Lipinski definition) is 2. The molecule has 98 valence electrons. The van der Waals surface area contributed by atoms with E-state index in [4.69, 9.17) is 0 Å². The highest BCUT2D eigenvalue weighted by atomic mass is 16.3. The van der Waals surface area contributed by atoms with Gasteiger partial charge in [-0.05, 0) is 25.2 Å². The number of aliphatic hydroxyl groups excluding tert-OH is 1. The van der Waals surface area contributed by atoms with Crippen LogP contribution in [0.1, 0.15) is 40.0 Å². The van der Waals surface area contributed by atoms with Crippen LogP contribution in [0, 0.1) is 11.3 Å². The van der Waals surface area contributed by atoms with Crippen LogP contribution in [-0.2, 0) is 0 Å². The smallest absolute Gasteiger partial charge is 0.317 e. The summed E-state index contributed by atoms with van der Waals surface area (Å²) >= 11 is 0. The molecular formula is C13H24N2O2. The molecule has 2 unspecified atom stereocenters. The Morgan fingerprint density at radius 3 is 2.41 bits per heavy atom. The molecule has 4 heteroatoms. The second-order valence-corrected chi connectivity index (χ2v) is 6.24. The van der Waals surface area contributed by atoms with Crippen LogP contribution in [0.3, 0.4) is 0 Å². The first-order valence-electron chi connectivity index (χ1n) is 6.64. The SMILES string of the molecule is CC1CCN(C(=O)NC2CC(O)C2(C)C)CC1. The highest BCUT2D eigenvalue weighted by Crippen LogP contribution is 2.40. The van der Waals surface area contributed by atoms with Gasteiger partial charge in [-0.25, -0.2) is 4.79 Å². The molecule has 2 fully saturated rings. The number of carbonyl (C=O) groups is 1. The third kappa shape index (κ3) is 2.41. The lowest BCUT2D eigenvalue weighted by molar-refractivity contribution is -0.0691. The number of hydrogen-bond acceptors (Lipinski definition) is 2. The number of likely N-dealkylation sites (tertiary alicyclic amines) is 1. The highest BCUT2D eigenvalue weighted by molar-refractivity contribution is 5.75. The Labute approximate surface area is 103 Å². The molecule has 17 heavy (non-hydrogen) atoms. The lowest BCUT2D eigenvalue weighted by Gasteiger charge is -2.50. The van der Waals surface area contributed by atoms with Crippen LogP contribution in [0.5, 0.6) is 0 Å². The number of aliphatic hydroxyl groups is 1. The maximum atomic E-state index is 12.0. The molecule has 1 saturated carbocycles. The van der Waals surface area contributed by atoms with Gasteiger partial charge in [0.15, 0.2) is 0 Å². The molecule has 1 aliphatic carbocycles. The van der Waals surface area contributed by atoms with E-state index in [0.717, 1.165) is 31.8 Å². The van der Waals surface area contributed by atoms with Crippen molar-refractivity contribution in [2.45, 2.75) is 52.2 Å². The number of rotatable bonds is 1. The van der Waals surface area contributed by atoms with Gasteiger partial charge < -0.3 is 15.3 Å². The summed E-state index contributed by atoms with van der Waals surface area (Å²) in [6, 6.07) is 0.159. The minimum atomic E-state index is -0.283. The van der Waals surface area contributed by atoms with Gasteiger partial charge in [0.2, 0.25) is 0 Å². The molecule has 0 bridgehead atoms. The standard InChI is InChI=1S/C13H24N2O2/c1-9-4-6-15(7-5-9)12(17)14-10-8-11(16)13(10,2)3/h9-11,16H,4-8H2,1-3H3,(H,14,17). The highest BCUT2D eigenvalue weighted by Gasteiger charge is 2.48. The molecule has 2 rings (SSSR count). The van der Waals surface area contributed by atoms with E-state index < -0.39 is 0 Å². The summed E-state index contributed by atoms with van der Waals surface area (Å²) in [5.74, 6) is 0.737. The molecule has 1 heterocycles. The number of urea groups is 1. The lowest BCUT2D eigenvalue weighted by Crippen LogP contribution is -2.63. The normalized spacial score (nSPS) is 33.1. The summed E-state index contributed by atoms with van der Waals surface area (Å²) in [6.45, 7) is 7.97. The summed E-state index contributed by atoms with van der Waals surface area (Å²) in [7, 11) is 0. The Kier molecular flexibility index (Phi) is 3.34. The molecule has 0 aromatic carbocycles. The van der Waals surface area contributed by atoms with Gasteiger partial charge in [-0.15, -0.1) is 0 Å². The zero-order chi connectivity index (χ0) is 12.6. The van der Waals surface area contributed by atoms with Crippen LogP contribution < -0.4 is 5.32 Å². The zero-order valence-electron chi connectivity index (χ0n) is 11.1. The molecule has 2 N–H and O–H groups in total. The van der Waals surface area contributed by atoms with Gasteiger partial charge >= 0.3 is 6.03 Å². The fourth-order valence-corrected chi connectivity index (χ4v) is 2.60. The van der Waals surface area contributed by atoms with Gasteiger partial charge in [0.25, 0.3) is 0 Å². The largest absolute Gasteiger partial charge is 0.392 e. The summed E-state index contributed by atoms with van der Waals surface area (Å²) in [4.78, 5) is 13.9. The number of piperidine rings is 1. The van der Waals surface area contributed by atoms with E-state index in [1.54, 1.807) is 0 Å². The minimum Gasteiger partial charge on any atom is -0.392 e. The Bertz CT molecular complexity index is 296. The maximum absolute atomic E-state index is 12.0. The van der Waals surface area contributed by atoms with Gasteiger partial charge in [0, 0.05) is 24.5 Å². The second kappa shape index (κ2) is 4.48. The van der Waals surface area contributed by atoms with Crippen molar-refractivity contribution in [2.75, 3.05) is 13.1 Å². The molecule has 1 aliphatic heterocycles. The van der Waals surface area contributed by atoms with E-state index in [1.807, 2.05) is 18.7 Å². The molecule has 2 aliphatic rings. The quantitative estimate of drug-likeness (QED) is 0.731. The van der Waals surface area contributed by atoms with Crippen molar-refractivity contribution in [1.82, 2.24) is 10.2 Å². The van der Waals surface area contributed by atoms with Gasteiger partial charge in [-0.2, -0.15) is 0 Å². The van der Waals surface area contributed by atoms with Crippen molar-refractivity contribution in [2.24, 2.45) is 11.3 Å². The van der Waals surface area contributed by atoms with Gasteiger partial charge in [0.1, 0.15) is 0 Å². The van der Waals surface area contributed by atoms with Crippen LogP contribution in [-0.4, -0.2) is 41.3 Å². The molecule has 2 atom stereocenters. The van der Waals surface area contributed by atoms with Crippen molar-refractivity contribution < 1.29 is 9.90 Å². The first-order chi connectivity index (χ1) is 7.91. The summed E-state index contributed by atoms with van der Waals surface area (Å²) in [5, 5.41) is 12.7. The third-order valence-corrected chi connectivity index (χ3v) is 4.58. The van der Waals surface area contributed by atoms with E-state index in [0.29, 0.717) is 6.42 Å². The molecule has 0 aromatic heterocycles. The third-order valence-electron chi connectivity index (χ3n) is 4.58. The van der Waals surface area contributed by atoms with Crippen LogP contribution in [0.2, 0.25) is 0 Å². The van der Waals surface area contributed by atoms with E-state index in [1.165, 1.54) is 0 Å². The number of nitrogens with zero attached hydrogens (tertiary/aromatic N) is 1. The minimum absolute atomic E-state index is 0.0434. The summed E-state index contributed by atoms with van der Waals surface area (Å²) in [5.41, 5.74) is -0.182. The van der Waals surface area contributed by atoms with Crippen LogP contribution in [0.25, 0.3) is 0 Å². The number of carbonyl (C=O) groups excluding carboxylic acids is 1. The number of nitrogens with one attached hydrogen (secondary N) is 1. The first-order valence-corrected chi connectivity index (χ1v) is 6.64. The van der Waals surface area contributed by atoms with Crippen LogP contribution >= 0.6 is 0 Å². The van der Waals surface area contributed by atoms with E-state index >= 15 is 0 Å². The second-order valence-electron chi connectivity index (χ2n) is 6.24. The molecule has 0 spiro atoms. The molecule has 2 amide bonds. The maximum Gasteiger partial charge on any atom is 0.317 e. The van der Waals surface area contributed by atoms with E-state index in [9.17, 15) is 9.90 Å². The van der Waals surface area contributed by atoms with Crippen LogP contribution in [0.15, 0.2) is 0 Å². The predicted molar refractivity (Wildman–Crippen MR) is 66.7 cm³/mol. The first kappa shape index (κ1) is 12.7. The van der Waals surface area contributed by atoms with Gasteiger partial charge in [-0.3, -0.25) is 0 Å². The Balaban J connectivity index is 1.82.